The van der Waals surface area contributed by atoms with Gasteiger partial charge < -0.3 is 4.90 Å². The van der Waals surface area contributed by atoms with Crippen molar-refractivity contribution in [3.05, 3.63) is 29.6 Å². The van der Waals surface area contributed by atoms with Crippen molar-refractivity contribution in [3.63, 3.8) is 0 Å². The zero-order valence-electron chi connectivity index (χ0n) is 11.8. The molecule has 8 heteroatoms. The van der Waals surface area contributed by atoms with E-state index >= 15 is 0 Å². The van der Waals surface area contributed by atoms with Crippen LogP contribution < -0.4 is 0 Å². The maximum atomic E-state index is 13.6. The van der Waals surface area contributed by atoms with E-state index in [0.29, 0.717) is 6.07 Å². The SMILES string of the molecule is CN1CCC(CN(C)S(=O)(=O)c2cc(F)c(F)cc2F)C1. The second kappa shape index (κ2) is 5.94. The normalized spacial score (nSPS) is 20.4. The second-order valence-electron chi connectivity index (χ2n) is 5.40. The van der Waals surface area contributed by atoms with Gasteiger partial charge >= 0.3 is 0 Å². The van der Waals surface area contributed by atoms with Crippen LogP contribution in [0, 0.1) is 23.4 Å². The third-order valence-electron chi connectivity index (χ3n) is 3.67. The van der Waals surface area contributed by atoms with Crippen molar-refractivity contribution < 1.29 is 21.6 Å². The molecule has 0 saturated carbocycles. The van der Waals surface area contributed by atoms with E-state index in [9.17, 15) is 21.6 Å². The van der Waals surface area contributed by atoms with Gasteiger partial charge in [-0.05, 0) is 32.0 Å². The van der Waals surface area contributed by atoms with E-state index in [1.807, 2.05) is 7.05 Å². The molecule has 1 saturated heterocycles. The molecule has 118 valence electrons. The molecule has 1 aromatic rings. The highest BCUT2D eigenvalue weighted by Crippen LogP contribution is 2.23. The molecule has 21 heavy (non-hydrogen) atoms. The first-order valence-corrected chi connectivity index (χ1v) is 7.95. The summed E-state index contributed by atoms with van der Waals surface area (Å²) in [5, 5.41) is 0. The van der Waals surface area contributed by atoms with E-state index in [1.165, 1.54) is 7.05 Å². The molecule has 0 spiro atoms. The average Bonchev–Trinajstić information content (AvgIpc) is 2.79. The van der Waals surface area contributed by atoms with Gasteiger partial charge in [-0.3, -0.25) is 0 Å². The van der Waals surface area contributed by atoms with Gasteiger partial charge in [-0.2, -0.15) is 0 Å². The first-order chi connectivity index (χ1) is 9.71. The number of benzene rings is 1. The molecular formula is C13H17F3N2O2S. The van der Waals surface area contributed by atoms with Crippen molar-refractivity contribution in [1.82, 2.24) is 9.21 Å². The van der Waals surface area contributed by atoms with Crippen molar-refractivity contribution in [1.29, 1.82) is 0 Å². The van der Waals surface area contributed by atoms with Gasteiger partial charge in [0.15, 0.2) is 11.6 Å². The van der Waals surface area contributed by atoms with Crippen molar-refractivity contribution >= 4 is 10.0 Å². The third-order valence-corrected chi connectivity index (χ3v) is 5.51. The van der Waals surface area contributed by atoms with Gasteiger partial charge in [0.05, 0.1) is 0 Å². The zero-order valence-corrected chi connectivity index (χ0v) is 12.6. The molecule has 4 nitrogen and oxygen atoms in total. The van der Waals surface area contributed by atoms with Gasteiger partial charge in [0.1, 0.15) is 10.7 Å². The minimum absolute atomic E-state index is 0.142. The predicted octanol–water partition coefficient (Wildman–Crippen LogP) is 1.68. The van der Waals surface area contributed by atoms with E-state index in [2.05, 4.69) is 4.90 Å². The Bertz CT molecular complexity index is 637. The lowest BCUT2D eigenvalue weighted by molar-refractivity contribution is 0.355. The highest BCUT2D eigenvalue weighted by Gasteiger charge is 2.30. The lowest BCUT2D eigenvalue weighted by atomic mass is 10.1. The molecule has 1 fully saturated rings. The number of halogens is 3. The van der Waals surface area contributed by atoms with Gasteiger partial charge in [0, 0.05) is 26.2 Å². The average molecular weight is 322 g/mol. The van der Waals surface area contributed by atoms with Crippen molar-refractivity contribution in [2.75, 3.05) is 33.7 Å². The highest BCUT2D eigenvalue weighted by molar-refractivity contribution is 7.89. The third kappa shape index (κ3) is 3.38. The molecule has 0 aliphatic carbocycles. The van der Waals surface area contributed by atoms with Crippen LogP contribution in [0.5, 0.6) is 0 Å². The fourth-order valence-corrected chi connectivity index (χ4v) is 3.81. The molecule has 0 radical (unpaired) electrons. The molecule has 2 rings (SSSR count). The van der Waals surface area contributed by atoms with Gasteiger partial charge in [0.2, 0.25) is 10.0 Å². The maximum absolute atomic E-state index is 13.6. The Labute approximate surface area is 122 Å². The van der Waals surface area contributed by atoms with Gasteiger partial charge in [0.25, 0.3) is 0 Å². The number of hydrogen-bond acceptors (Lipinski definition) is 3. The van der Waals surface area contributed by atoms with Gasteiger partial charge in [-0.15, -0.1) is 0 Å². The van der Waals surface area contributed by atoms with Gasteiger partial charge in [-0.25, -0.2) is 25.9 Å². The molecule has 1 aliphatic heterocycles. The van der Waals surface area contributed by atoms with E-state index in [4.69, 9.17) is 0 Å². The van der Waals surface area contributed by atoms with Crippen LogP contribution in [-0.2, 0) is 10.0 Å². The summed E-state index contributed by atoms with van der Waals surface area (Å²) in [4.78, 5) is 1.23. The van der Waals surface area contributed by atoms with Crippen LogP contribution in [0.3, 0.4) is 0 Å². The Morgan fingerprint density at radius 2 is 1.86 bits per heavy atom. The second-order valence-corrected chi connectivity index (χ2v) is 7.41. The van der Waals surface area contributed by atoms with Gasteiger partial charge in [-0.1, -0.05) is 0 Å². The monoisotopic (exact) mass is 322 g/mol. The number of likely N-dealkylation sites (tertiary alicyclic amines) is 1. The largest absolute Gasteiger partial charge is 0.306 e. The first-order valence-electron chi connectivity index (χ1n) is 6.51. The number of nitrogens with zero attached hydrogens (tertiary/aromatic N) is 2. The maximum Gasteiger partial charge on any atom is 0.245 e. The summed E-state index contributed by atoms with van der Waals surface area (Å²) >= 11 is 0. The summed E-state index contributed by atoms with van der Waals surface area (Å²) in [6.45, 7) is 1.84. The first kappa shape index (κ1) is 16.3. The zero-order chi connectivity index (χ0) is 15.8. The van der Waals surface area contributed by atoms with Crippen LogP contribution in [0.25, 0.3) is 0 Å². The minimum Gasteiger partial charge on any atom is -0.306 e. The number of hydrogen-bond donors (Lipinski definition) is 0. The molecule has 0 aromatic heterocycles. The summed E-state index contributed by atoms with van der Waals surface area (Å²) in [6.07, 6.45) is 0.844. The molecule has 0 bridgehead atoms. The van der Waals surface area contributed by atoms with Crippen LogP contribution in [0.1, 0.15) is 6.42 Å². The Kier molecular flexibility index (Phi) is 4.60. The number of sulfonamides is 1. The van der Waals surface area contributed by atoms with Crippen molar-refractivity contribution in [2.24, 2.45) is 5.92 Å². The Balaban J connectivity index is 2.23. The van der Waals surface area contributed by atoms with Crippen molar-refractivity contribution in [3.8, 4) is 0 Å². The predicted molar refractivity (Wildman–Crippen MR) is 71.7 cm³/mol. The molecule has 1 aromatic carbocycles. The minimum atomic E-state index is -4.18. The van der Waals surface area contributed by atoms with Crippen LogP contribution in [0.15, 0.2) is 17.0 Å². The standard InChI is InChI=1S/C13H17F3N2O2S/c1-17-4-3-9(7-17)8-18(2)21(19,20)13-6-11(15)10(14)5-12(13)16/h5-6,9H,3-4,7-8H2,1-2H3. The molecule has 1 atom stereocenters. The fraction of sp³-hybridized carbons (Fsp3) is 0.538. The fourth-order valence-electron chi connectivity index (χ4n) is 2.51. The van der Waals surface area contributed by atoms with Crippen LogP contribution >= 0.6 is 0 Å². The highest BCUT2D eigenvalue weighted by atomic mass is 32.2. The number of rotatable bonds is 4. The molecule has 1 aliphatic rings. The van der Waals surface area contributed by atoms with Crippen LogP contribution in [0.2, 0.25) is 0 Å². The summed E-state index contributed by atoms with van der Waals surface area (Å²) in [6, 6.07) is 0.636. The smallest absolute Gasteiger partial charge is 0.245 e. The summed E-state index contributed by atoms with van der Waals surface area (Å²) < 4.78 is 65.2. The molecule has 1 heterocycles. The molecular weight excluding hydrogens is 305 g/mol. The Morgan fingerprint density at radius 1 is 1.24 bits per heavy atom. The van der Waals surface area contributed by atoms with Crippen LogP contribution in [0.4, 0.5) is 13.2 Å². The topological polar surface area (TPSA) is 40.6 Å². The summed E-state index contributed by atoms with van der Waals surface area (Å²) in [7, 11) is -0.933. The summed E-state index contributed by atoms with van der Waals surface area (Å²) in [5.74, 6) is -3.94. The van der Waals surface area contributed by atoms with E-state index in [-0.39, 0.29) is 18.5 Å². The van der Waals surface area contributed by atoms with E-state index in [1.54, 1.807) is 0 Å². The lowest BCUT2D eigenvalue weighted by Crippen LogP contribution is -2.33. The van der Waals surface area contributed by atoms with Crippen molar-refractivity contribution in [2.45, 2.75) is 11.3 Å². The molecule has 0 amide bonds. The van der Waals surface area contributed by atoms with Crippen LogP contribution in [-0.4, -0.2) is 51.4 Å². The quantitative estimate of drug-likeness (QED) is 0.792. The molecule has 0 N–H and O–H groups in total. The summed E-state index contributed by atoms with van der Waals surface area (Å²) in [5.41, 5.74) is 0. The molecule has 1 unspecified atom stereocenters. The lowest BCUT2D eigenvalue weighted by Gasteiger charge is -2.21. The Morgan fingerprint density at radius 3 is 2.43 bits per heavy atom. The van der Waals surface area contributed by atoms with E-state index in [0.717, 1.165) is 23.8 Å². The Hall–Kier alpha value is -1.12. The van der Waals surface area contributed by atoms with E-state index < -0.39 is 32.4 Å².